The summed E-state index contributed by atoms with van der Waals surface area (Å²) in [6.07, 6.45) is 2.92. The maximum absolute atomic E-state index is 11.9. The van der Waals surface area contributed by atoms with Crippen molar-refractivity contribution in [2.45, 2.75) is 0 Å². The molecule has 0 radical (unpaired) electrons. The number of aromatic nitrogens is 2. The van der Waals surface area contributed by atoms with Gasteiger partial charge in [0.25, 0.3) is 0 Å². The molecule has 18 heavy (non-hydrogen) atoms. The number of rotatable bonds is 3. The smallest absolute Gasteiger partial charge is 0.187 e. The molecule has 0 aliphatic heterocycles. The zero-order valence-electron chi connectivity index (χ0n) is 8.73. The molecule has 0 fully saturated rings. The molecular formula is C11H5Cl3N2OS. The first kappa shape index (κ1) is 13.5. The van der Waals surface area contributed by atoms with Crippen LogP contribution in [0.1, 0.15) is 16.1 Å². The zero-order valence-corrected chi connectivity index (χ0v) is 11.8. The number of ketones is 1. The molecule has 3 nitrogen and oxygen atoms in total. The highest BCUT2D eigenvalue weighted by Crippen LogP contribution is 2.32. The summed E-state index contributed by atoms with van der Waals surface area (Å²) >= 11 is 18.8. The summed E-state index contributed by atoms with van der Waals surface area (Å²) in [5, 5.41) is 6.14. The van der Waals surface area contributed by atoms with Crippen LogP contribution < -0.4 is 0 Å². The van der Waals surface area contributed by atoms with Crippen molar-refractivity contribution in [2.24, 2.45) is 0 Å². The molecule has 0 spiro atoms. The van der Waals surface area contributed by atoms with Crippen molar-refractivity contribution in [2.75, 3.05) is 0 Å². The molecule has 0 saturated heterocycles. The molecule has 0 saturated carbocycles. The van der Waals surface area contributed by atoms with Gasteiger partial charge in [-0.3, -0.25) is 4.79 Å². The molecular weight excluding hydrogens is 315 g/mol. The van der Waals surface area contributed by atoms with Crippen LogP contribution in [0, 0.1) is 0 Å². The molecule has 7 heteroatoms. The van der Waals surface area contributed by atoms with Crippen LogP contribution in [0.15, 0.2) is 23.6 Å². The molecule has 0 bridgehead atoms. The summed E-state index contributed by atoms with van der Waals surface area (Å²) in [6, 6.07) is 3.06. The van der Waals surface area contributed by atoms with E-state index < -0.39 is 0 Å². The maximum atomic E-state index is 11.9. The van der Waals surface area contributed by atoms with Gasteiger partial charge in [0.1, 0.15) is 0 Å². The second-order valence-electron chi connectivity index (χ2n) is 3.25. The Morgan fingerprint density at radius 2 is 2.00 bits per heavy atom. The van der Waals surface area contributed by atoms with E-state index in [1.807, 2.05) is 0 Å². The first-order valence-electron chi connectivity index (χ1n) is 4.72. The molecule has 1 aromatic heterocycles. The van der Waals surface area contributed by atoms with Crippen molar-refractivity contribution in [3.63, 3.8) is 0 Å². The first-order chi connectivity index (χ1) is 8.59. The molecule has 0 aliphatic rings. The highest BCUT2D eigenvalue weighted by molar-refractivity contribution is 7.03. The Morgan fingerprint density at radius 3 is 2.67 bits per heavy atom. The fraction of sp³-hybridized carbons (Fsp3) is 0. The SMILES string of the molecule is O=C(C=Cc1csnn1)c1ccc(Cl)c(Cl)c1Cl. The topological polar surface area (TPSA) is 42.9 Å². The lowest BCUT2D eigenvalue weighted by Crippen LogP contribution is -1.96. The van der Waals surface area contributed by atoms with Crippen molar-refractivity contribution in [3.8, 4) is 0 Å². The molecule has 92 valence electrons. The van der Waals surface area contributed by atoms with Gasteiger partial charge < -0.3 is 0 Å². The zero-order chi connectivity index (χ0) is 13.1. The summed E-state index contributed by atoms with van der Waals surface area (Å²) in [4.78, 5) is 11.9. The Bertz CT molecular complexity index is 611. The summed E-state index contributed by atoms with van der Waals surface area (Å²) in [7, 11) is 0. The van der Waals surface area contributed by atoms with Gasteiger partial charge in [-0.2, -0.15) is 0 Å². The van der Waals surface area contributed by atoms with Crippen LogP contribution >= 0.6 is 46.3 Å². The fourth-order valence-corrected chi connectivity index (χ4v) is 2.26. The van der Waals surface area contributed by atoms with Crippen LogP contribution in [0.5, 0.6) is 0 Å². The van der Waals surface area contributed by atoms with E-state index in [9.17, 15) is 4.79 Å². The summed E-state index contributed by atoms with van der Waals surface area (Å²) in [5.74, 6) is -0.272. The Balaban J connectivity index is 2.27. The highest BCUT2D eigenvalue weighted by Gasteiger charge is 2.13. The van der Waals surface area contributed by atoms with Crippen LogP contribution in [-0.4, -0.2) is 15.4 Å². The predicted octanol–water partition coefficient (Wildman–Crippen LogP) is 4.39. The van der Waals surface area contributed by atoms with Crippen molar-refractivity contribution in [1.82, 2.24) is 9.59 Å². The molecule has 0 unspecified atom stereocenters. The van der Waals surface area contributed by atoms with Gasteiger partial charge in [0.2, 0.25) is 0 Å². The van der Waals surface area contributed by atoms with Crippen molar-refractivity contribution in [1.29, 1.82) is 0 Å². The lowest BCUT2D eigenvalue weighted by molar-refractivity contribution is 0.104. The molecule has 0 amide bonds. The molecule has 0 N–H and O–H groups in total. The minimum atomic E-state index is -0.272. The molecule has 1 aromatic carbocycles. The maximum Gasteiger partial charge on any atom is 0.187 e. The van der Waals surface area contributed by atoms with Crippen LogP contribution in [0.25, 0.3) is 6.08 Å². The molecule has 0 aliphatic carbocycles. The van der Waals surface area contributed by atoms with Gasteiger partial charge in [-0.15, -0.1) is 5.10 Å². The summed E-state index contributed by atoms with van der Waals surface area (Å²) in [5.41, 5.74) is 0.912. The second-order valence-corrected chi connectivity index (χ2v) is 5.02. The minimum Gasteiger partial charge on any atom is -0.289 e. The third kappa shape index (κ3) is 2.90. The Kier molecular flexibility index (Phi) is 4.35. The third-order valence-electron chi connectivity index (χ3n) is 2.08. The monoisotopic (exact) mass is 318 g/mol. The van der Waals surface area contributed by atoms with Crippen LogP contribution in [0.3, 0.4) is 0 Å². The Hall–Kier alpha value is -0.940. The number of benzene rings is 1. The Labute approximate surface area is 122 Å². The van der Waals surface area contributed by atoms with E-state index in [1.165, 1.54) is 29.7 Å². The first-order valence-corrected chi connectivity index (χ1v) is 6.69. The average Bonchev–Trinajstić information content (AvgIpc) is 2.86. The number of halogens is 3. The van der Waals surface area contributed by atoms with Crippen molar-refractivity contribution < 1.29 is 4.79 Å². The Morgan fingerprint density at radius 1 is 1.22 bits per heavy atom. The van der Waals surface area contributed by atoms with Crippen LogP contribution in [0.4, 0.5) is 0 Å². The number of carbonyl (C=O) groups excluding carboxylic acids is 1. The number of nitrogens with zero attached hydrogens (tertiary/aromatic N) is 2. The van der Waals surface area contributed by atoms with E-state index in [2.05, 4.69) is 9.59 Å². The predicted molar refractivity (Wildman–Crippen MR) is 74.7 cm³/mol. The number of allylic oxidation sites excluding steroid dienone is 1. The number of hydrogen-bond acceptors (Lipinski definition) is 4. The molecule has 0 atom stereocenters. The number of carbonyl (C=O) groups is 1. The third-order valence-corrected chi connectivity index (χ3v) is 3.90. The number of hydrogen-bond donors (Lipinski definition) is 0. The van der Waals surface area contributed by atoms with E-state index in [1.54, 1.807) is 11.5 Å². The van der Waals surface area contributed by atoms with Gasteiger partial charge in [0.05, 0.1) is 20.8 Å². The molecule has 2 rings (SSSR count). The van der Waals surface area contributed by atoms with Gasteiger partial charge in [-0.1, -0.05) is 39.3 Å². The molecule has 2 aromatic rings. The van der Waals surface area contributed by atoms with E-state index in [0.29, 0.717) is 16.3 Å². The van der Waals surface area contributed by atoms with E-state index in [4.69, 9.17) is 34.8 Å². The quantitative estimate of drug-likeness (QED) is 0.478. The van der Waals surface area contributed by atoms with E-state index >= 15 is 0 Å². The van der Waals surface area contributed by atoms with Crippen LogP contribution in [-0.2, 0) is 0 Å². The lowest BCUT2D eigenvalue weighted by Gasteiger charge is -2.03. The lowest BCUT2D eigenvalue weighted by atomic mass is 10.1. The largest absolute Gasteiger partial charge is 0.289 e. The average molecular weight is 320 g/mol. The highest BCUT2D eigenvalue weighted by atomic mass is 35.5. The van der Waals surface area contributed by atoms with Crippen molar-refractivity contribution in [3.05, 3.63) is 49.9 Å². The summed E-state index contributed by atoms with van der Waals surface area (Å²) in [6.45, 7) is 0. The normalized spacial score (nSPS) is 11.1. The van der Waals surface area contributed by atoms with E-state index in [0.717, 1.165) is 0 Å². The van der Waals surface area contributed by atoms with Gasteiger partial charge in [0, 0.05) is 10.9 Å². The van der Waals surface area contributed by atoms with Crippen LogP contribution in [0.2, 0.25) is 15.1 Å². The van der Waals surface area contributed by atoms with Crippen molar-refractivity contribution >= 4 is 58.2 Å². The standard InChI is InChI=1S/C11H5Cl3N2OS/c12-8-3-2-7(10(13)11(8)14)9(17)4-1-6-5-18-16-15-6/h1-5H. The fourth-order valence-electron chi connectivity index (χ4n) is 1.21. The minimum absolute atomic E-state index is 0.148. The second kappa shape index (κ2) is 5.80. The van der Waals surface area contributed by atoms with E-state index in [-0.39, 0.29) is 15.8 Å². The van der Waals surface area contributed by atoms with Gasteiger partial charge in [0.15, 0.2) is 5.78 Å². The van der Waals surface area contributed by atoms with Gasteiger partial charge >= 0.3 is 0 Å². The molecule has 1 heterocycles. The van der Waals surface area contributed by atoms with Gasteiger partial charge in [-0.25, -0.2) is 0 Å². The van der Waals surface area contributed by atoms with Gasteiger partial charge in [-0.05, 0) is 35.8 Å². The summed E-state index contributed by atoms with van der Waals surface area (Å²) < 4.78 is 3.68.